The van der Waals surface area contributed by atoms with Crippen LogP contribution in [0.15, 0.2) is 6.07 Å². The summed E-state index contributed by atoms with van der Waals surface area (Å²) < 4.78 is 27.7. The second-order valence-electron chi connectivity index (χ2n) is 9.50. The molecule has 0 aromatic heterocycles. The number of terminal acetylenes is 1. The van der Waals surface area contributed by atoms with E-state index in [0.717, 1.165) is 63.6 Å². The molecule has 1 aromatic rings. The van der Waals surface area contributed by atoms with Crippen molar-refractivity contribution in [3.05, 3.63) is 28.3 Å². The van der Waals surface area contributed by atoms with Crippen LogP contribution in [0.25, 0.3) is 0 Å². The largest absolute Gasteiger partial charge is 0.332 e. The van der Waals surface area contributed by atoms with E-state index in [4.69, 9.17) is 6.42 Å². The molecule has 2 heterocycles. The van der Waals surface area contributed by atoms with Gasteiger partial charge in [0.15, 0.2) is 0 Å². The average molecular weight is 458 g/mol. The van der Waals surface area contributed by atoms with Crippen molar-refractivity contribution in [2.24, 2.45) is 0 Å². The first-order valence-corrected chi connectivity index (χ1v) is 13.1. The van der Waals surface area contributed by atoms with Gasteiger partial charge in [-0.1, -0.05) is 6.07 Å². The number of rotatable bonds is 8. The van der Waals surface area contributed by atoms with E-state index in [9.17, 15) is 13.2 Å². The highest BCUT2D eigenvalue weighted by atomic mass is 32.2. The Kier molecular flexibility index (Phi) is 5.66. The van der Waals surface area contributed by atoms with E-state index in [1.807, 2.05) is 0 Å². The number of hydrogen-bond donors (Lipinski definition) is 4. The molecule has 8 nitrogen and oxygen atoms in total. The molecule has 0 unspecified atom stereocenters. The molecule has 0 bridgehead atoms. The number of hydrogen-bond acceptors (Lipinski definition) is 6. The Morgan fingerprint density at radius 3 is 2.38 bits per heavy atom. The number of likely N-dealkylation sites (tertiary alicyclic amines) is 1. The van der Waals surface area contributed by atoms with Crippen molar-refractivity contribution in [3.8, 4) is 12.3 Å². The maximum absolute atomic E-state index is 12.7. The summed E-state index contributed by atoms with van der Waals surface area (Å²) in [6.07, 6.45) is 13.9. The predicted molar refractivity (Wildman–Crippen MR) is 123 cm³/mol. The smallest absolute Gasteiger partial charge is 0.307 e. The van der Waals surface area contributed by atoms with Gasteiger partial charge < -0.3 is 10.2 Å². The second kappa shape index (κ2) is 8.34. The van der Waals surface area contributed by atoms with Gasteiger partial charge >= 0.3 is 6.03 Å². The standard InChI is InChI=1S/C23H31N5O3S/c1-2-3-10-23(26-27-23)11-12-28-14-18(15-28)32(30,31)25-22(29)24-21-19-8-4-6-16(19)13-17-7-5-9-20(17)21/h1,13,18,26-27H,3-12,14-15H2,(H2,24,25,29). The fourth-order valence-corrected chi connectivity index (χ4v) is 6.61. The number of sulfonamides is 1. The van der Waals surface area contributed by atoms with E-state index in [0.29, 0.717) is 19.5 Å². The van der Waals surface area contributed by atoms with Crippen molar-refractivity contribution in [2.45, 2.75) is 68.7 Å². The van der Waals surface area contributed by atoms with E-state index in [1.165, 1.54) is 22.3 Å². The van der Waals surface area contributed by atoms with Crippen molar-refractivity contribution in [2.75, 3.05) is 25.0 Å². The molecule has 4 N–H and O–H groups in total. The molecule has 32 heavy (non-hydrogen) atoms. The van der Waals surface area contributed by atoms with Crippen LogP contribution >= 0.6 is 0 Å². The highest BCUT2D eigenvalue weighted by molar-refractivity contribution is 7.90. The fraction of sp³-hybridized carbons (Fsp3) is 0.609. The molecule has 9 heteroatoms. The molecule has 0 radical (unpaired) electrons. The van der Waals surface area contributed by atoms with Gasteiger partial charge in [0.2, 0.25) is 10.0 Å². The normalized spacial score (nSPS) is 21.3. The Hall–Kier alpha value is -2.12. The van der Waals surface area contributed by atoms with Crippen LogP contribution in [0.3, 0.4) is 0 Å². The molecule has 1 aromatic carbocycles. The minimum atomic E-state index is -3.72. The summed E-state index contributed by atoms with van der Waals surface area (Å²) in [6.45, 7) is 1.65. The summed E-state index contributed by atoms with van der Waals surface area (Å²) in [6, 6.07) is 1.65. The lowest BCUT2D eigenvalue weighted by Crippen LogP contribution is -2.59. The third-order valence-electron chi connectivity index (χ3n) is 7.34. The zero-order chi connectivity index (χ0) is 22.3. The van der Waals surface area contributed by atoms with Crippen LogP contribution in [0.5, 0.6) is 0 Å². The lowest BCUT2D eigenvalue weighted by atomic mass is 9.99. The van der Waals surface area contributed by atoms with Gasteiger partial charge in [-0.05, 0) is 73.6 Å². The van der Waals surface area contributed by atoms with Gasteiger partial charge in [0.25, 0.3) is 0 Å². The quantitative estimate of drug-likeness (QED) is 0.346. The van der Waals surface area contributed by atoms with Crippen molar-refractivity contribution in [1.29, 1.82) is 0 Å². The first-order chi connectivity index (χ1) is 15.4. The van der Waals surface area contributed by atoms with Crippen molar-refractivity contribution >= 4 is 21.7 Å². The number of carbonyl (C=O) groups excluding carboxylic acids is 1. The SMILES string of the molecule is C#CCCC1(CCN2CC(S(=O)(=O)NC(=O)Nc3c4c(cc5c3CCC5)CCC4)C2)NN1. The number of nitrogens with one attached hydrogen (secondary N) is 4. The number of urea groups is 1. The first-order valence-electron chi connectivity index (χ1n) is 11.6. The summed E-state index contributed by atoms with van der Waals surface area (Å²) in [5.41, 5.74) is 12.1. The third-order valence-corrected chi connectivity index (χ3v) is 8.98. The number of amides is 2. The molecule has 2 saturated heterocycles. The number of aryl methyl sites for hydroxylation is 2. The minimum Gasteiger partial charge on any atom is -0.307 e. The molecule has 2 amide bonds. The van der Waals surface area contributed by atoms with Crippen LogP contribution in [0, 0.1) is 12.3 Å². The van der Waals surface area contributed by atoms with Crippen molar-refractivity contribution in [1.82, 2.24) is 20.5 Å². The second-order valence-corrected chi connectivity index (χ2v) is 11.5. The number of hydrazine groups is 1. The maximum Gasteiger partial charge on any atom is 0.332 e. The van der Waals surface area contributed by atoms with Crippen LogP contribution in [0.2, 0.25) is 0 Å². The zero-order valence-corrected chi connectivity index (χ0v) is 19.1. The van der Waals surface area contributed by atoms with Crippen LogP contribution in [-0.4, -0.2) is 49.9 Å². The summed E-state index contributed by atoms with van der Waals surface area (Å²) >= 11 is 0. The molecule has 4 aliphatic rings. The Morgan fingerprint density at radius 2 is 1.78 bits per heavy atom. The van der Waals surface area contributed by atoms with E-state index in [2.05, 4.69) is 37.8 Å². The Labute approximate surface area is 189 Å². The van der Waals surface area contributed by atoms with E-state index >= 15 is 0 Å². The van der Waals surface area contributed by atoms with Crippen LogP contribution < -0.4 is 20.9 Å². The molecule has 5 rings (SSSR count). The first kappa shape index (κ1) is 21.7. The van der Waals surface area contributed by atoms with Gasteiger partial charge in [-0.3, -0.25) is 0 Å². The number of nitrogens with zero attached hydrogens (tertiary/aromatic N) is 1. The molecule has 0 atom stereocenters. The zero-order valence-electron chi connectivity index (χ0n) is 18.3. The number of benzene rings is 1. The lowest BCUT2D eigenvalue weighted by molar-refractivity contribution is 0.173. The summed E-state index contributed by atoms with van der Waals surface area (Å²) in [4.78, 5) is 14.8. The van der Waals surface area contributed by atoms with Crippen LogP contribution in [0.1, 0.15) is 54.4 Å². The van der Waals surface area contributed by atoms with E-state index in [1.54, 1.807) is 0 Å². The van der Waals surface area contributed by atoms with Gasteiger partial charge in [-0.2, -0.15) is 0 Å². The van der Waals surface area contributed by atoms with Crippen molar-refractivity contribution in [3.63, 3.8) is 0 Å². The van der Waals surface area contributed by atoms with Gasteiger partial charge in [-0.15, -0.1) is 12.3 Å². The number of carbonyl (C=O) groups is 1. The third kappa shape index (κ3) is 4.25. The molecule has 2 fully saturated rings. The van der Waals surface area contributed by atoms with E-state index < -0.39 is 21.3 Å². The molecule has 2 aliphatic heterocycles. The molecule has 0 saturated carbocycles. The summed E-state index contributed by atoms with van der Waals surface area (Å²) in [5.74, 6) is 2.65. The predicted octanol–water partition coefficient (Wildman–Crippen LogP) is 1.41. The molecular weight excluding hydrogens is 426 g/mol. The Morgan fingerprint density at radius 1 is 1.12 bits per heavy atom. The van der Waals surface area contributed by atoms with Crippen LogP contribution in [-0.2, 0) is 35.7 Å². The number of fused-ring (bicyclic) bond motifs is 2. The average Bonchev–Trinajstić information content (AvgIpc) is 3.10. The molecule has 2 aliphatic carbocycles. The Bertz CT molecular complexity index is 1040. The van der Waals surface area contributed by atoms with Gasteiger partial charge in [0, 0.05) is 31.7 Å². The van der Waals surface area contributed by atoms with Gasteiger partial charge in [-0.25, -0.2) is 28.8 Å². The molecule has 172 valence electrons. The lowest BCUT2D eigenvalue weighted by Gasteiger charge is -2.38. The summed E-state index contributed by atoms with van der Waals surface area (Å²) in [5, 5.41) is 2.34. The van der Waals surface area contributed by atoms with Crippen LogP contribution in [0.4, 0.5) is 10.5 Å². The van der Waals surface area contributed by atoms with E-state index in [-0.39, 0.29) is 5.66 Å². The topological polar surface area (TPSA) is 122 Å². The minimum absolute atomic E-state index is 0.106. The molecular formula is C23H31N5O3S. The fourth-order valence-electron chi connectivity index (χ4n) is 5.32. The monoisotopic (exact) mass is 457 g/mol. The maximum atomic E-state index is 12.7. The molecule has 0 spiro atoms. The Balaban J connectivity index is 1.15. The summed E-state index contributed by atoms with van der Waals surface area (Å²) in [7, 11) is -3.72. The van der Waals surface area contributed by atoms with Crippen molar-refractivity contribution < 1.29 is 13.2 Å². The highest BCUT2D eigenvalue weighted by Crippen LogP contribution is 2.38. The van der Waals surface area contributed by atoms with Gasteiger partial charge in [0.05, 0.1) is 5.66 Å². The highest BCUT2D eigenvalue weighted by Gasteiger charge is 2.43. The van der Waals surface area contributed by atoms with Gasteiger partial charge in [0.1, 0.15) is 5.25 Å². The number of anilines is 1.